The van der Waals surface area contributed by atoms with Gasteiger partial charge in [0.2, 0.25) is 0 Å². The highest BCUT2D eigenvalue weighted by Gasteiger charge is 2.06. The van der Waals surface area contributed by atoms with E-state index in [1.807, 2.05) is 12.1 Å². The first-order valence-corrected chi connectivity index (χ1v) is 4.98. The van der Waals surface area contributed by atoms with Crippen LogP contribution in [0.3, 0.4) is 0 Å². The van der Waals surface area contributed by atoms with E-state index in [1.165, 1.54) is 0 Å². The lowest BCUT2D eigenvalue weighted by atomic mass is 10.0. The molecule has 0 saturated carbocycles. The van der Waals surface area contributed by atoms with E-state index in [0.717, 1.165) is 12.2 Å². The van der Waals surface area contributed by atoms with Crippen LogP contribution in [0.15, 0.2) is 24.5 Å². The monoisotopic (exact) mass is 194 g/mol. The van der Waals surface area contributed by atoms with Crippen LogP contribution in [0.2, 0.25) is 0 Å². The van der Waals surface area contributed by atoms with E-state index in [-0.39, 0.29) is 6.04 Å². The van der Waals surface area contributed by atoms with Crippen molar-refractivity contribution in [1.29, 1.82) is 0 Å². The van der Waals surface area contributed by atoms with Crippen LogP contribution in [0.4, 0.5) is 0 Å². The van der Waals surface area contributed by atoms with Crippen molar-refractivity contribution in [3.63, 3.8) is 0 Å². The van der Waals surface area contributed by atoms with Gasteiger partial charge in [-0.05, 0) is 24.5 Å². The Morgan fingerprint density at radius 3 is 2.86 bits per heavy atom. The molecule has 1 heterocycles. The molecule has 3 nitrogen and oxygen atoms in total. The van der Waals surface area contributed by atoms with Crippen LogP contribution < -0.4 is 10.5 Å². The SMILES string of the molecule is CC(C)C(N)CCOc1cccnc1. The summed E-state index contributed by atoms with van der Waals surface area (Å²) in [7, 11) is 0. The standard InChI is InChI=1S/C11H18N2O/c1-9(2)11(12)5-7-14-10-4-3-6-13-8-10/h3-4,6,8-9,11H,5,7,12H2,1-2H3. The zero-order chi connectivity index (χ0) is 10.4. The average Bonchev–Trinajstić information content (AvgIpc) is 2.19. The van der Waals surface area contributed by atoms with Crippen LogP contribution in [-0.2, 0) is 0 Å². The minimum absolute atomic E-state index is 0.215. The summed E-state index contributed by atoms with van der Waals surface area (Å²) in [5.74, 6) is 1.32. The Morgan fingerprint density at radius 1 is 1.50 bits per heavy atom. The largest absolute Gasteiger partial charge is 0.492 e. The number of rotatable bonds is 5. The van der Waals surface area contributed by atoms with Crippen molar-refractivity contribution in [2.45, 2.75) is 26.3 Å². The van der Waals surface area contributed by atoms with Gasteiger partial charge in [-0.3, -0.25) is 4.98 Å². The molecule has 1 atom stereocenters. The molecule has 78 valence electrons. The van der Waals surface area contributed by atoms with Gasteiger partial charge in [0.15, 0.2) is 0 Å². The predicted molar refractivity (Wildman–Crippen MR) is 57.2 cm³/mol. The zero-order valence-corrected chi connectivity index (χ0v) is 8.81. The van der Waals surface area contributed by atoms with Gasteiger partial charge in [-0.1, -0.05) is 13.8 Å². The quantitative estimate of drug-likeness (QED) is 0.778. The Morgan fingerprint density at radius 2 is 2.29 bits per heavy atom. The summed E-state index contributed by atoms with van der Waals surface area (Å²) in [5, 5.41) is 0. The Bertz CT molecular complexity index is 249. The number of nitrogens with zero attached hydrogens (tertiary/aromatic N) is 1. The van der Waals surface area contributed by atoms with Gasteiger partial charge in [-0.15, -0.1) is 0 Å². The van der Waals surface area contributed by atoms with Gasteiger partial charge in [0.05, 0.1) is 12.8 Å². The number of hydrogen-bond acceptors (Lipinski definition) is 3. The fraction of sp³-hybridized carbons (Fsp3) is 0.545. The molecule has 1 aromatic heterocycles. The predicted octanol–water partition coefficient (Wildman–Crippen LogP) is 1.83. The molecule has 1 aromatic rings. The summed E-state index contributed by atoms with van der Waals surface area (Å²) in [5.41, 5.74) is 5.89. The number of ether oxygens (including phenoxy) is 1. The molecule has 14 heavy (non-hydrogen) atoms. The lowest BCUT2D eigenvalue weighted by molar-refractivity contribution is 0.281. The smallest absolute Gasteiger partial charge is 0.137 e. The van der Waals surface area contributed by atoms with Crippen molar-refractivity contribution >= 4 is 0 Å². The van der Waals surface area contributed by atoms with Crippen LogP contribution in [0.1, 0.15) is 20.3 Å². The molecule has 0 aromatic carbocycles. The van der Waals surface area contributed by atoms with Crippen LogP contribution in [0.25, 0.3) is 0 Å². The molecule has 0 amide bonds. The Kier molecular flexibility index (Phi) is 4.40. The molecule has 0 fully saturated rings. The molecule has 0 aliphatic heterocycles. The highest BCUT2D eigenvalue weighted by molar-refractivity contribution is 5.15. The van der Waals surface area contributed by atoms with E-state index in [0.29, 0.717) is 12.5 Å². The molecule has 2 N–H and O–H groups in total. The van der Waals surface area contributed by atoms with E-state index in [4.69, 9.17) is 10.5 Å². The molecule has 0 aliphatic rings. The van der Waals surface area contributed by atoms with Crippen LogP contribution >= 0.6 is 0 Å². The van der Waals surface area contributed by atoms with E-state index in [2.05, 4.69) is 18.8 Å². The lowest BCUT2D eigenvalue weighted by Crippen LogP contribution is -2.28. The van der Waals surface area contributed by atoms with Crippen molar-refractivity contribution in [2.75, 3.05) is 6.61 Å². The summed E-state index contributed by atoms with van der Waals surface area (Å²) in [4.78, 5) is 3.96. The van der Waals surface area contributed by atoms with Crippen molar-refractivity contribution in [3.8, 4) is 5.75 Å². The maximum Gasteiger partial charge on any atom is 0.137 e. The molecule has 0 radical (unpaired) electrons. The van der Waals surface area contributed by atoms with Gasteiger partial charge >= 0.3 is 0 Å². The number of hydrogen-bond donors (Lipinski definition) is 1. The molecule has 0 spiro atoms. The van der Waals surface area contributed by atoms with Gasteiger partial charge < -0.3 is 10.5 Å². The first kappa shape index (κ1) is 11.0. The molecule has 1 rings (SSSR count). The molecule has 0 bridgehead atoms. The summed E-state index contributed by atoms with van der Waals surface area (Å²) in [6.07, 6.45) is 4.32. The Balaban J connectivity index is 2.22. The third-order valence-electron chi connectivity index (χ3n) is 2.21. The van der Waals surface area contributed by atoms with Crippen molar-refractivity contribution in [2.24, 2.45) is 11.7 Å². The summed E-state index contributed by atoms with van der Waals surface area (Å²) >= 11 is 0. The Hall–Kier alpha value is -1.09. The fourth-order valence-corrected chi connectivity index (χ4v) is 1.08. The summed E-state index contributed by atoms with van der Waals surface area (Å²) in [6, 6.07) is 3.97. The number of aromatic nitrogens is 1. The second kappa shape index (κ2) is 5.60. The summed E-state index contributed by atoms with van der Waals surface area (Å²) in [6.45, 7) is 4.90. The molecule has 1 unspecified atom stereocenters. The second-order valence-electron chi connectivity index (χ2n) is 3.73. The molecule has 0 saturated heterocycles. The van der Waals surface area contributed by atoms with E-state index < -0.39 is 0 Å². The molecule has 3 heteroatoms. The topological polar surface area (TPSA) is 48.1 Å². The lowest BCUT2D eigenvalue weighted by Gasteiger charge is -2.15. The van der Waals surface area contributed by atoms with Crippen molar-refractivity contribution in [1.82, 2.24) is 4.98 Å². The number of nitrogens with two attached hydrogens (primary N) is 1. The normalized spacial score (nSPS) is 12.9. The maximum atomic E-state index is 5.89. The average molecular weight is 194 g/mol. The first-order chi connectivity index (χ1) is 6.70. The highest BCUT2D eigenvalue weighted by atomic mass is 16.5. The minimum Gasteiger partial charge on any atom is -0.492 e. The van der Waals surface area contributed by atoms with Gasteiger partial charge in [-0.2, -0.15) is 0 Å². The summed E-state index contributed by atoms with van der Waals surface area (Å²) < 4.78 is 5.48. The zero-order valence-electron chi connectivity index (χ0n) is 8.81. The molecule has 0 aliphatic carbocycles. The third kappa shape index (κ3) is 3.75. The van der Waals surface area contributed by atoms with Gasteiger partial charge in [-0.25, -0.2) is 0 Å². The Labute approximate surface area is 85.3 Å². The first-order valence-electron chi connectivity index (χ1n) is 4.98. The van der Waals surface area contributed by atoms with Crippen LogP contribution in [-0.4, -0.2) is 17.6 Å². The fourth-order valence-electron chi connectivity index (χ4n) is 1.08. The van der Waals surface area contributed by atoms with E-state index in [9.17, 15) is 0 Å². The van der Waals surface area contributed by atoms with Crippen LogP contribution in [0.5, 0.6) is 5.75 Å². The molecular weight excluding hydrogens is 176 g/mol. The van der Waals surface area contributed by atoms with Gasteiger partial charge in [0.1, 0.15) is 5.75 Å². The minimum atomic E-state index is 0.215. The van der Waals surface area contributed by atoms with E-state index in [1.54, 1.807) is 12.4 Å². The second-order valence-corrected chi connectivity index (χ2v) is 3.73. The maximum absolute atomic E-state index is 5.89. The number of pyridine rings is 1. The van der Waals surface area contributed by atoms with E-state index >= 15 is 0 Å². The van der Waals surface area contributed by atoms with Crippen molar-refractivity contribution < 1.29 is 4.74 Å². The van der Waals surface area contributed by atoms with Crippen molar-refractivity contribution in [3.05, 3.63) is 24.5 Å². The van der Waals surface area contributed by atoms with Gasteiger partial charge in [0, 0.05) is 12.2 Å². The molecular formula is C11H18N2O. The van der Waals surface area contributed by atoms with Crippen LogP contribution in [0, 0.1) is 5.92 Å². The van der Waals surface area contributed by atoms with Gasteiger partial charge in [0.25, 0.3) is 0 Å². The third-order valence-corrected chi connectivity index (χ3v) is 2.21. The highest BCUT2D eigenvalue weighted by Crippen LogP contribution is 2.08.